The Balaban J connectivity index is 2.32. The van der Waals surface area contributed by atoms with Gasteiger partial charge < -0.3 is 5.11 Å². The van der Waals surface area contributed by atoms with Crippen LogP contribution in [-0.4, -0.2) is 19.7 Å². The Morgan fingerprint density at radius 3 is 2.22 bits per heavy atom. The van der Waals surface area contributed by atoms with Gasteiger partial charge in [-0.1, -0.05) is 30.3 Å². The molecule has 0 aliphatic heterocycles. The lowest BCUT2D eigenvalue weighted by Crippen LogP contribution is -1.97. The molecule has 18 heavy (non-hydrogen) atoms. The van der Waals surface area contributed by atoms with Gasteiger partial charge in [-0.05, 0) is 24.3 Å². The topological polar surface area (TPSA) is 66.7 Å². The third-order valence-electron chi connectivity index (χ3n) is 2.31. The maximum atomic E-state index is 11.8. The van der Waals surface area contributed by atoms with Gasteiger partial charge in [-0.2, -0.15) is 12.8 Å². The number of nitrogens with zero attached hydrogens (tertiary/aromatic N) is 1. The van der Waals surface area contributed by atoms with E-state index in [-0.39, 0.29) is 10.6 Å². The van der Waals surface area contributed by atoms with Crippen LogP contribution in [0.2, 0.25) is 0 Å². The Bertz CT molecular complexity index is 664. The molecule has 0 aromatic heterocycles. The Kier molecular flexibility index (Phi) is 3.43. The highest BCUT2D eigenvalue weighted by molar-refractivity contribution is 7.90. The molecular formula is C13H11NO3S. The minimum atomic E-state index is -3.72. The number of benzene rings is 2. The monoisotopic (exact) mass is 261 g/mol. The molecule has 5 heteroatoms. The molecular weight excluding hydrogens is 250 g/mol. The molecule has 0 heterocycles. The fourth-order valence-electron chi connectivity index (χ4n) is 1.38. The average Bonchev–Trinajstić information content (AvgIpc) is 2.39. The first kappa shape index (κ1) is 12.3. The van der Waals surface area contributed by atoms with Crippen molar-refractivity contribution in [3.05, 3.63) is 60.2 Å². The first-order chi connectivity index (χ1) is 8.59. The standard InChI is InChI=1S/C13H11NO3S/c15-13-9-5-4-6-11(13)10-14-18(16,17)12-7-2-1-3-8-12/h1-10,15H. The average molecular weight is 261 g/mol. The normalized spacial score (nSPS) is 11.8. The SMILES string of the molecule is O=S(=O)(N=Cc1ccccc1O)c1ccccc1. The summed E-state index contributed by atoms with van der Waals surface area (Å²) in [5.74, 6) is -0.00971. The van der Waals surface area contributed by atoms with Crippen molar-refractivity contribution >= 4 is 16.2 Å². The van der Waals surface area contributed by atoms with Crippen molar-refractivity contribution in [2.24, 2.45) is 4.40 Å². The number of phenols is 1. The molecule has 0 aliphatic carbocycles. The second kappa shape index (κ2) is 5.01. The molecule has 92 valence electrons. The number of rotatable bonds is 3. The van der Waals surface area contributed by atoms with E-state index in [1.54, 1.807) is 36.4 Å². The number of phenolic OH excluding ortho intramolecular Hbond substituents is 1. The summed E-state index contributed by atoms with van der Waals surface area (Å²) >= 11 is 0. The smallest absolute Gasteiger partial charge is 0.282 e. The van der Waals surface area contributed by atoms with E-state index in [0.717, 1.165) is 6.21 Å². The summed E-state index contributed by atoms with van der Waals surface area (Å²) in [5.41, 5.74) is 0.358. The molecule has 0 saturated heterocycles. The summed E-state index contributed by atoms with van der Waals surface area (Å²) in [4.78, 5) is 0.122. The molecule has 0 bridgehead atoms. The summed E-state index contributed by atoms with van der Waals surface area (Å²) in [6, 6.07) is 14.3. The molecule has 4 nitrogen and oxygen atoms in total. The van der Waals surface area contributed by atoms with E-state index in [4.69, 9.17) is 0 Å². The van der Waals surface area contributed by atoms with Crippen molar-refractivity contribution in [1.29, 1.82) is 0 Å². The van der Waals surface area contributed by atoms with E-state index in [1.165, 1.54) is 18.2 Å². The first-order valence-electron chi connectivity index (χ1n) is 5.23. The van der Waals surface area contributed by atoms with E-state index < -0.39 is 10.0 Å². The van der Waals surface area contributed by atoms with Crippen molar-refractivity contribution in [3.63, 3.8) is 0 Å². The first-order valence-corrected chi connectivity index (χ1v) is 6.67. The van der Waals surface area contributed by atoms with Crippen LogP contribution in [0.1, 0.15) is 5.56 Å². The minimum Gasteiger partial charge on any atom is -0.507 e. The Morgan fingerprint density at radius 2 is 1.56 bits per heavy atom. The summed E-state index contributed by atoms with van der Waals surface area (Å²) in [6.45, 7) is 0. The van der Waals surface area contributed by atoms with Crippen LogP contribution in [-0.2, 0) is 10.0 Å². The molecule has 0 unspecified atom stereocenters. The van der Waals surface area contributed by atoms with Gasteiger partial charge in [0.05, 0.1) is 11.1 Å². The lowest BCUT2D eigenvalue weighted by molar-refractivity contribution is 0.474. The molecule has 0 saturated carbocycles. The van der Waals surface area contributed by atoms with E-state index in [1.807, 2.05) is 0 Å². The van der Waals surface area contributed by atoms with Crippen LogP contribution >= 0.6 is 0 Å². The van der Waals surface area contributed by atoms with Gasteiger partial charge in [-0.25, -0.2) is 0 Å². The van der Waals surface area contributed by atoms with Gasteiger partial charge in [0.25, 0.3) is 10.0 Å². The van der Waals surface area contributed by atoms with Crippen LogP contribution in [0.4, 0.5) is 0 Å². The van der Waals surface area contributed by atoms with Crippen LogP contribution in [0.3, 0.4) is 0 Å². The lowest BCUT2D eigenvalue weighted by atomic mass is 10.2. The summed E-state index contributed by atoms with van der Waals surface area (Å²) in [6.07, 6.45) is 1.14. The molecule has 0 amide bonds. The zero-order valence-corrected chi connectivity index (χ0v) is 10.2. The molecule has 0 radical (unpaired) electrons. The van der Waals surface area contributed by atoms with Crippen molar-refractivity contribution < 1.29 is 13.5 Å². The predicted molar refractivity (Wildman–Crippen MR) is 69.3 cm³/mol. The maximum absolute atomic E-state index is 11.8. The van der Waals surface area contributed by atoms with Crippen molar-refractivity contribution in [2.75, 3.05) is 0 Å². The van der Waals surface area contributed by atoms with E-state index in [9.17, 15) is 13.5 Å². The fraction of sp³-hybridized carbons (Fsp3) is 0. The predicted octanol–water partition coefficient (Wildman–Crippen LogP) is 2.20. The van der Waals surface area contributed by atoms with Gasteiger partial charge in [0.1, 0.15) is 5.75 Å². The van der Waals surface area contributed by atoms with E-state index in [2.05, 4.69) is 4.40 Å². The van der Waals surface area contributed by atoms with Gasteiger partial charge in [0, 0.05) is 5.56 Å². The highest BCUT2D eigenvalue weighted by atomic mass is 32.2. The highest BCUT2D eigenvalue weighted by Crippen LogP contribution is 2.15. The highest BCUT2D eigenvalue weighted by Gasteiger charge is 2.10. The van der Waals surface area contributed by atoms with E-state index in [0.29, 0.717) is 5.56 Å². The summed E-state index contributed by atoms with van der Waals surface area (Å²) in [7, 11) is -3.72. The lowest BCUT2D eigenvalue weighted by Gasteiger charge is -1.99. The Hall–Kier alpha value is -2.14. The van der Waals surface area contributed by atoms with E-state index >= 15 is 0 Å². The molecule has 0 aliphatic rings. The number of hydrogen-bond acceptors (Lipinski definition) is 3. The molecule has 2 aromatic rings. The van der Waals surface area contributed by atoms with Crippen LogP contribution in [0.25, 0.3) is 0 Å². The fourth-order valence-corrected chi connectivity index (χ4v) is 2.25. The molecule has 2 aromatic carbocycles. The van der Waals surface area contributed by atoms with Crippen LogP contribution in [0.5, 0.6) is 5.75 Å². The van der Waals surface area contributed by atoms with Gasteiger partial charge in [0.2, 0.25) is 0 Å². The Morgan fingerprint density at radius 1 is 0.944 bits per heavy atom. The van der Waals surface area contributed by atoms with Crippen molar-refractivity contribution in [2.45, 2.75) is 4.90 Å². The van der Waals surface area contributed by atoms with Crippen LogP contribution in [0, 0.1) is 0 Å². The summed E-state index contributed by atoms with van der Waals surface area (Å²) in [5, 5.41) is 9.49. The van der Waals surface area contributed by atoms with Gasteiger partial charge >= 0.3 is 0 Å². The third-order valence-corrected chi connectivity index (χ3v) is 3.56. The van der Waals surface area contributed by atoms with Crippen molar-refractivity contribution in [1.82, 2.24) is 0 Å². The molecule has 0 fully saturated rings. The second-order valence-electron chi connectivity index (χ2n) is 3.58. The number of sulfonamides is 1. The zero-order valence-electron chi connectivity index (χ0n) is 9.39. The second-order valence-corrected chi connectivity index (χ2v) is 5.21. The van der Waals surface area contributed by atoms with Gasteiger partial charge in [-0.15, -0.1) is 0 Å². The Labute approximate surface area is 105 Å². The molecule has 2 rings (SSSR count). The number of hydrogen-bond donors (Lipinski definition) is 1. The quantitative estimate of drug-likeness (QED) is 0.861. The number of aromatic hydroxyl groups is 1. The number of para-hydroxylation sites is 1. The molecule has 1 N–H and O–H groups in total. The maximum Gasteiger partial charge on any atom is 0.282 e. The largest absolute Gasteiger partial charge is 0.507 e. The van der Waals surface area contributed by atoms with Crippen molar-refractivity contribution in [3.8, 4) is 5.75 Å². The minimum absolute atomic E-state index is 0.00971. The van der Waals surface area contributed by atoms with Crippen LogP contribution in [0.15, 0.2) is 63.9 Å². The summed E-state index contributed by atoms with van der Waals surface area (Å²) < 4.78 is 27.2. The van der Waals surface area contributed by atoms with Gasteiger partial charge in [0.15, 0.2) is 0 Å². The van der Waals surface area contributed by atoms with Crippen LogP contribution < -0.4 is 0 Å². The molecule has 0 spiro atoms. The molecule has 0 atom stereocenters. The third kappa shape index (κ3) is 2.75. The van der Waals surface area contributed by atoms with Gasteiger partial charge in [-0.3, -0.25) is 0 Å². The zero-order chi connectivity index (χ0) is 13.0.